The van der Waals surface area contributed by atoms with Crippen molar-refractivity contribution >= 4 is 5.65 Å². The molecule has 0 aliphatic carbocycles. The second kappa shape index (κ2) is 4.38. The number of aromatic amines is 1. The molecule has 0 saturated carbocycles. The highest BCUT2D eigenvalue weighted by Crippen LogP contribution is 2.28. The number of hydrogen-bond donors (Lipinski definition) is 5. The number of aliphatic hydroxyl groups excluding tert-OH is 3. The average molecular weight is 267 g/mol. The molecule has 1 fully saturated rings. The third-order valence-corrected chi connectivity index (χ3v) is 3.37. The van der Waals surface area contributed by atoms with Gasteiger partial charge in [-0.25, -0.2) is 9.78 Å². The van der Waals surface area contributed by atoms with Crippen LogP contribution in [-0.2, 0) is 0 Å². The van der Waals surface area contributed by atoms with Crippen molar-refractivity contribution in [2.75, 3.05) is 6.61 Å². The Kier molecular flexibility index (Phi) is 2.82. The van der Waals surface area contributed by atoms with Gasteiger partial charge in [0.15, 0.2) is 5.65 Å². The predicted molar refractivity (Wildman–Crippen MR) is 62.4 cm³/mol. The molecule has 5 N–H and O–H groups in total. The van der Waals surface area contributed by atoms with Crippen LogP contribution in [-0.4, -0.2) is 59.8 Å². The van der Waals surface area contributed by atoms with E-state index in [0.29, 0.717) is 11.2 Å². The fraction of sp³-hybridized carbons (Fsp3) is 0.500. The van der Waals surface area contributed by atoms with Crippen molar-refractivity contribution in [1.29, 1.82) is 0 Å². The Labute approximate surface area is 106 Å². The highest BCUT2D eigenvalue weighted by molar-refractivity contribution is 5.48. The van der Waals surface area contributed by atoms with Crippen molar-refractivity contribution in [3.8, 4) is 0 Å². The second-order valence-corrected chi connectivity index (χ2v) is 4.46. The minimum atomic E-state index is -1.11. The van der Waals surface area contributed by atoms with E-state index >= 15 is 0 Å². The lowest BCUT2D eigenvalue weighted by atomic mass is 10.0. The minimum absolute atomic E-state index is 0.297. The molecule has 0 aromatic carbocycles. The summed E-state index contributed by atoms with van der Waals surface area (Å²) in [6.45, 7) is -0.304. The van der Waals surface area contributed by atoms with Crippen molar-refractivity contribution in [1.82, 2.24) is 24.9 Å². The lowest BCUT2D eigenvalue weighted by molar-refractivity contribution is 0.0195. The summed E-state index contributed by atoms with van der Waals surface area (Å²) in [5.74, 6) is 0. The molecule has 9 nitrogen and oxygen atoms in total. The average Bonchev–Trinajstić information content (AvgIpc) is 2.94. The molecular formula is C10H13N5O4. The van der Waals surface area contributed by atoms with Crippen molar-refractivity contribution in [2.24, 2.45) is 0 Å². The molecule has 1 aliphatic rings. The Morgan fingerprint density at radius 1 is 1.37 bits per heavy atom. The quantitative estimate of drug-likeness (QED) is 0.395. The molecule has 0 amide bonds. The van der Waals surface area contributed by atoms with Crippen LogP contribution in [0.4, 0.5) is 0 Å². The van der Waals surface area contributed by atoms with Crippen LogP contribution in [0.1, 0.15) is 11.6 Å². The lowest BCUT2D eigenvalue weighted by Crippen LogP contribution is -2.35. The highest BCUT2D eigenvalue weighted by atomic mass is 16.3. The summed E-state index contributed by atoms with van der Waals surface area (Å²) < 4.78 is 1.07. The van der Waals surface area contributed by atoms with Gasteiger partial charge in [-0.15, -0.1) is 0 Å². The summed E-state index contributed by atoms with van der Waals surface area (Å²) >= 11 is 0. The van der Waals surface area contributed by atoms with E-state index < -0.39 is 30.0 Å². The van der Waals surface area contributed by atoms with Gasteiger partial charge >= 0.3 is 5.69 Å². The molecule has 0 bridgehead atoms. The van der Waals surface area contributed by atoms with Crippen LogP contribution in [0.15, 0.2) is 17.3 Å². The number of nitrogens with one attached hydrogen (secondary N) is 2. The van der Waals surface area contributed by atoms with Crippen molar-refractivity contribution in [2.45, 2.75) is 24.3 Å². The molecule has 0 spiro atoms. The number of aromatic nitrogens is 4. The Bertz CT molecular complexity index is 653. The van der Waals surface area contributed by atoms with E-state index in [1.165, 1.54) is 12.5 Å². The Hall–Kier alpha value is -1.81. The van der Waals surface area contributed by atoms with Gasteiger partial charge in [-0.1, -0.05) is 0 Å². The predicted octanol–water partition coefficient (Wildman–Crippen LogP) is -2.86. The van der Waals surface area contributed by atoms with E-state index in [0.717, 1.165) is 4.52 Å². The van der Waals surface area contributed by atoms with E-state index in [2.05, 4.69) is 20.4 Å². The largest absolute Gasteiger partial charge is 0.395 e. The van der Waals surface area contributed by atoms with Crippen LogP contribution in [0.5, 0.6) is 0 Å². The van der Waals surface area contributed by atoms with Gasteiger partial charge in [0.05, 0.1) is 37.3 Å². The molecule has 9 heteroatoms. The molecule has 1 saturated heterocycles. The summed E-state index contributed by atoms with van der Waals surface area (Å²) in [5.41, 5.74) is 0.350. The zero-order chi connectivity index (χ0) is 13.6. The summed E-state index contributed by atoms with van der Waals surface area (Å²) in [6.07, 6.45) is 0.452. The molecule has 102 valence electrons. The zero-order valence-electron chi connectivity index (χ0n) is 9.76. The molecule has 0 unspecified atom stereocenters. The molecule has 2 aromatic heterocycles. The third kappa shape index (κ3) is 1.75. The molecule has 4 atom stereocenters. The van der Waals surface area contributed by atoms with E-state index in [4.69, 9.17) is 5.11 Å². The lowest BCUT2D eigenvalue weighted by Gasteiger charge is -2.14. The van der Waals surface area contributed by atoms with Crippen LogP contribution >= 0.6 is 0 Å². The fourth-order valence-electron chi connectivity index (χ4n) is 2.36. The zero-order valence-corrected chi connectivity index (χ0v) is 9.76. The Morgan fingerprint density at radius 3 is 2.84 bits per heavy atom. The van der Waals surface area contributed by atoms with Crippen LogP contribution in [0.25, 0.3) is 5.65 Å². The number of fused-ring (bicyclic) bond motifs is 1. The van der Waals surface area contributed by atoms with Gasteiger partial charge in [0.1, 0.15) is 6.10 Å². The molecule has 2 aromatic rings. The van der Waals surface area contributed by atoms with Crippen molar-refractivity contribution in [3.05, 3.63) is 28.6 Å². The maximum Gasteiger partial charge on any atom is 0.349 e. The first-order chi connectivity index (χ1) is 9.13. The van der Waals surface area contributed by atoms with Crippen molar-refractivity contribution in [3.63, 3.8) is 0 Å². The first-order valence-electron chi connectivity index (χ1n) is 5.78. The molecule has 3 heterocycles. The van der Waals surface area contributed by atoms with Crippen LogP contribution in [0.2, 0.25) is 0 Å². The van der Waals surface area contributed by atoms with Crippen LogP contribution in [0.3, 0.4) is 0 Å². The van der Waals surface area contributed by atoms with Crippen LogP contribution in [0, 0.1) is 0 Å². The molecule has 19 heavy (non-hydrogen) atoms. The normalized spacial score (nSPS) is 31.1. The molecular weight excluding hydrogens is 254 g/mol. The summed E-state index contributed by atoms with van der Waals surface area (Å²) in [7, 11) is 0. The number of hydrogen-bond acceptors (Lipinski definition) is 7. The monoisotopic (exact) mass is 267 g/mol. The molecule has 0 radical (unpaired) electrons. The number of H-pyrrole nitrogens is 1. The summed E-state index contributed by atoms with van der Waals surface area (Å²) in [6, 6.07) is -1.27. The molecule has 3 rings (SSSR count). The SMILES string of the molecule is O=c1[nH]cnc2c([C@@H]3N[C@H](CO)[C@@H](O)[C@H]3O)cnn12. The summed E-state index contributed by atoms with van der Waals surface area (Å²) in [4.78, 5) is 17.9. The molecule has 1 aliphatic heterocycles. The topological polar surface area (TPSA) is 136 Å². The van der Waals surface area contributed by atoms with Gasteiger partial charge in [-0.3, -0.25) is 4.98 Å². The van der Waals surface area contributed by atoms with Gasteiger partial charge in [-0.05, 0) is 0 Å². The van der Waals surface area contributed by atoms with Crippen molar-refractivity contribution < 1.29 is 15.3 Å². The number of aliphatic hydroxyl groups is 3. The Morgan fingerprint density at radius 2 is 2.16 bits per heavy atom. The smallest absolute Gasteiger partial charge is 0.349 e. The maximum absolute atomic E-state index is 11.5. The van der Waals surface area contributed by atoms with Crippen LogP contribution < -0.4 is 11.0 Å². The summed E-state index contributed by atoms with van der Waals surface area (Å²) in [5, 5.41) is 35.6. The number of nitrogens with zero attached hydrogens (tertiary/aromatic N) is 3. The van der Waals surface area contributed by atoms with E-state index in [-0.39, 0.29) is 6.61 Å². The standard InChI is InChI=1S/C10H13N5O4/c16-2-5-7(17)8(18)6(14-5)4-1-13-15-9(4)11-3-12-10(15)19/h1,3,5-8,14,16-18H,2H2,(H,11,12,19)/t5-,6+,7-,8+/m1/s1. The van der Waals surface area contributed by atoms with E-state index in [1.54, 1.807) is 0 Å². The van der Waals surface area contributed by atoms with Gasteiger partial charge in [-0.2, -0.15) is 9.61 Å². The first kappa shape index (κ1) is 12.2. The van der Waals surface area contributed by atoms with E-state index in [1.807, 2.05) is 0 Å². The van der Waals surface area contributed by atoms with Gasteiger partial charge in [0.2, 0.25) is 0 Å². The van der Waals surface area contributed by atoms with Gasteiger partial charge in [0.25, 0.3) is 0 Å². The minimum Gasteiger partial charge on any atom is -0.395 e. The van der Waals surface area contributed by atoms with Gasteiger partial charge in [0, 0.05) is 5.56 Å². The second-order valence-electron chi connectivity index (χ2n) is 4.46. The fourth-order valence-corrected chi connectivity index (χ4v) is 2.36. The first-order valence-corrected chi connectivity index (χ1v) is 5.78. The Balaban J connectivity index is 2.06. The number of rotatable bonds is 2. The van der Waals surface area contributed by atoms with E-state index in [9.17, 15) is 15.0 Å². The van der Waals surface area contributed by atoms with Gasteiger partial charge < -0.3 is 20.6 Å². The third-order valence-electron chi connectivity index (χ3n) is 3.37. The maximum atomic E-state index is 11.5. The highest BCUT2D eigenvalue weighted by Gasteiger charge is 2.42.